The normalized spacial score (nSPS) is 13.2. The Labute approximate surface area is 161 Å². The lowest BCUT2D eigenvalue weighted by molar-refractivity contribution is -0.134. The fraction of sp³-hybridized carbons (Fsp3) is 0.600. The Morgan fingerprint density at radius 3 is 2.52 bits per heavy atom. The van der Waals surface area contributed by atoms with E-state index in [0.717, 1.165) is 24.8 Å². The van der Waals surface area contributed by atoms with E-state index in [4.69, 9.17) is 10.5 Å². The van der Waals surface area contributed by atoms with Crippen LogP contribution in [0.2, 0.25) is 0 Å². The van der Waals surface area contributed by atoms with Crippen molar-refractivity contribution in [3.8, 4) is 5.75 Å². The predicted octanol–water partition coefficient (Wildman–Crippen LogP) is 1.68. The molecule has 0 fully saturated rings. The summed E-state index contributed by atoms with van der Waals surface area (Å²) >= 11 is 0. The summed E-state index contributed by atoms with van der Waals surface area (Å²) in [6, 6.07) is 5.95. The van der Waals surface area contributed by atoms with Gasteiger partial charge in [0.25, 0.3) is 0 Å². The first-order valence-corrected chi connectivity index (χ1v) is 9.52. The molecule has 7 heteroatoms. The molecule has 0 aliphatic heterocycles. The van der Waals surface area contributed by atoms with Gasteiger partial charge in [-0.3, -0.25) is 9.59 Å². The van der Waals surface area contributed by atoms with Crippen molar-refractivity contribution in [2.45, 2.75) is 58.8 Å². The lowest BCUT2D eigenvalue weighted by atomic mass is 10.1. The summed E-state index contributed by atoms with van der Waals surface area (Å²) in [6.07, 6.45) is 2.18. The zero-order valence-corrected chi connectivity index (χ0v) is 16.5. The first kappa shape index (κ1) is 22.9. The van der Waals surface area contributed by atoms with Crippen molar-refractivity contribution in [2.24, 2.45) is 11.7 Å². The Balaban J connectivity index is 2.65. The van der Waals surface area contributed by atoms with Crippen molar-refractivity contribution < 1.29 is 19.4 Å². The number of amides is 2. The minimum Gasteiger partial charge on any atom is -0.508 e. The minimum atomic E-state index is -0.785. The molecule has 0 aliphatic carbocycles. The maximum absolute atomic E-state index is 12.6. The van der Waals surface area contributed by atoms with Gasteiger partial charge in [0.15, 0.2) is 0 Å². The van der Waals surface area contributed by atoms with Gasteiger partial charge in [-0.05, 0) is 44.0 Å². The van der Waals surface area contributed by atoms with Crippen LogP contribution in [0.3, 0.4) is 0 Å². The monoisotopic (exact) mass is 379 g/mol. The van der Waals surface area contributed by atoms with Crippen LogP contribution < -0.4 is 16.4 Å². The number of benzene rings is 1. The standard InChI is InChI=1S/C20H33N3O4/c1-14(2)19(25)23-18(20(26)22-11-6-4-5-10-21)15(3)27-13-16-8-7-9-17(24)12-16/h7-9,12,14-15,18,24H,4-6,10-11,13,21H2,1-3H3,(H,22,26)(H,23,25). The molecule has 27 heavy (non-hydrogen) atoms. The second-order valence-corrected chi connectivity index (χ2v) is 6.97. The fourth-order valence-electron chi connectivity index (χ4n) is 2.45. The van der Waals surface area contributed by atoms with Crippen molar-refractivity contribution in [1.29, 1.82) is 0 Å². The molecule has 152 valence electrons. The van der Waals surface area contributed by atoms with Gasteiger partial charge in [-0.15, -0.1) is 0 Å². The number of nitrogens with one attached hydrogen (secondary N) is 2. The van der Waals surface area contributed by atoms with Gasteiger partial charge in [0, 0.05) is 12.5 Å². The molecule has 0 aromatic heterocycles. The number of phenolic OH excluding ortho intramolecular Hbond substituents is 1. The Morgan fingerprint density at radius 1 is 1.15 bits per heavy atom. The third kappa shape index (κ3) is 8.88. The molecule has 1 aromatic rings. The molecule has 5 N–H and O–H groups in total. The molecule has 0 spiro atoms. The fourth-order valence-corrected chi connectivity index (χ4v) is 2.45. The third-order valence-electron chi connectivity index (χ3n) is 4.18. The van der Waals surface area contributed by atoms with E-state index in [2.05, 4.69) is 10.6 Å². The number of hydrogen-bond acceptors (Lipinski definition) is 5. The smallest absolute Gasteiger partial charge is 0.245 e. The van der Waals surface area contributed by atoms with Gasteiger partial charge in [0.1, 0.15) is 11.8 Å². The van der Waals surface area contributed by atoms with Crippen LogP contribution >= 0.6 is 0 Å². The highest BCUT2D eigenvalue weighted by Crippen LogP contribution is 2.13. The van der Waals surface area contributed by atoms with Gasteiger partial charge in [-0.1, -0.05) is 32.4 Å². The Kier molecular flexibility index (Phi) is 10.4. The lowest BCUT2D eigenvalue weighted by Gasteiger charge is -2.25. The molecule has 0 saturated heterocycles. The molecule has 0 radical (unpaired) electrons. The van der Waals surface area contributed by atoms with Gasteiger partial charge in [-0.2, -0.15) is 0 Å². The van der Waals surface area contributed by atoms with E-state index in [9.17, 15) is 14.7 Å². The maximum Gasteiger partial charge on any atom is 0.245 e. The van der Waals surface area contributed by atoms with E-state index in [-0.39, 0.29) is 30.1 Å². The molecule has 1 rings (SSSR count). The molecule has 7 nitrogen and oxygen atoms in total. The quantitative estimate of drug-likeness (QED) is 0.413. The number of carbonyl (C=O) groups excluding carboxylic acids is 2. The molecule has 0 saturated carbocycles. The average Bonchev–Trinajstić information content (AvgIpc) is 2.63. The summed E-state index contributed by atoms with van der Waals surface area (Å²) in [4.78, 5) is 24.7. The molecule has 0 heterocycles. The molecule has 2 unspecified atom stereocenters. The minimum absolute atomic E-state index is 0.156. The Hall–Kier alpha value is -2.12. The number of unbranched alkanes of at least 4 members (excludes halogenated alkanes) is 2. The largest absolute Gasteiger partial charge is 0.508 e. The number of hydrogen-bond donors (Lipinski definition) is 4. The summed E-state index contributed by atoms with van der Waals surface area (Å²) in [5, 5.41) is 15.2. The second-order valence-electron chi connectivity index (χ2n) is 6.97. The SMILES string of the molecule is CC(C)C(=O)NC(C(=O)NCCCCCN)C(C)OCc1cccc(O)c1. The highest BCUT2D eigenvalue weighted by atomic mass is 16.5. The van der Waals surface area contributed by atoms with Crippen LogP contribution in [0.5, 0.6) is 5.75 Å². The van der Waals surface area contributed by atoms with Crippen LogP contribution in [0, 0.1) is 5.92 Å². The number of carbonyl (C=O) groups is 2. The summed E-state index contributed by atoms with van der Waals surface area (Å²) in [7, 11) is 0. The maximum atomic E-state index is 12.6. The van der Waals surface area contributed by atoms with Gasteiger partial charge >= 0.3 is 0 Å². The van der Waals surface area contributed by atoms with Gasteiger partial charge in [0.2, 0.25) is 11.8 Å². The van der Waals surface area contributed by atoms with Crippen LogP contribution in [-0.2, 0) is 20.9 Å². The first-order valence-electron chi connectivity index (χ1n) is 9.52. The second kappa shape index (κ2) is 12.3. The zero-order valence-electron chi connectivity index (χ0n) is 16.5. The van der Waals surface area contributed by atoms with Crippen molar-refractivity contribution in [3.63, 3.8) is 0 Å². The van der Waals surface area contributed by atoms with E-state index in [1.54, 1.807) is 39.0 Å². The van der Waals surface area contributed by atoms with Crippen LogP contribution in [0.1, 0.15) is 45.6 Å². The van der Waals surface area contributed by atoms with Crippen molar-refractivity contribution >= 4 is 11.8 Å². The van der Waals surface area contributed by atoms with E-state index in [1.807, 2.05) is 6.07 Å². The highest BCUT2D eigenvalue weighted by molar-refractivity contribution is 5.88. The Morgan fingerprint density at radius 2 is 1.89 bits per heavy atom. The number of rotatable bonds is 12. The predicted molar refractivity (Wildman–Crippen MR) is 105 cm³/mol. The molecule has 2 atom stereocenters. The summed E-state index contributed by atoms with van der Waals surface area (Å²) in [5.41, 5.74) is 6.26. The number of phenols is 1. The highest BCUT2D eigenvalue weighted by Gasteiger charge is 2.28. The summed E-state index contributed by atoms with van der Waals surface area (Å²) in [6.45, 7) is 6.70. The van der Waals surface area contributed by atoms with E-state index >= 15 is 0 Å². The summed E-state index contributed by atoms with van der Waals surface area (Å²) < 4.78 is 5.79. The van der Waals surface area contributed by atoms with Crippen molar-refractivity contribution in [2.75, 3.05) is 13.1 Å². The third-order valence-corrected chi connectivity index (χ3v) is 4.18. The molecule has 1 aromatic carbocycles. The van der Waals surface area contributed by atoms with Gasteiger partial charge in [0.05, 0.1) is 12.7 Å². The molecule has 2 amide bonds. The van der Waals surface area contributed by atoms with E-state index < -0.39 is 12.1 Å². The number of nitrogens with two attached hydrogens (primary N) is 1. The first-order chi connectivity index (χ1) is 12.8. The molecular weight excluding hydrogens is 346 g/mol. The van der Waals surface area contributed by atoms with E-state index in [0.29, 0.717) is 13.1 Å². The lowest BCUT2D eigenvalue weighted by Crippen LogP contribution is -2.54. The van der Waals surface area contributed by atoms with Crippen LogP contribution in [0.15, 0.2) is 24.3 Å². The van der Waals surface area contributed by atoms with Crippen LogP contribution in [0.25, 0.3) is 0 Å². The molecule has 0 bridgehead atoms. The molecule has 0 aliphatic rings. The van der Waals surface area contributed by atoms with Crippen LogP contribution in [-0.4, -0.2) is 42.2 Å². The molecular formula is C20H33N3O4. The van der Waals surface area contributed by atoms with Crippen molar-refractivity contribution in [1.82, 2.24) is 10.6 Å². The number of ether oxygens (including phenoxy) is 1. The number of aromatic hydroxyl groups is 1. The zero-order chi connectivity index (χ0) is 20.2. The average molecular weight is 380 g/mol. The van der Waals surface area contributed by atoms with E-state index in [1.165, 1.54) is 0 Å². The van der Waals surface area contributed by atoms with Crippen molar-refractivity contribution in [3.05, 3.63) is 29.8 Å². The topological polar surface area (TPSA) is 114 Å². The van der Waals surface area contributed by atoms with Gasteiger partial charge < -0.3 is 26.2 Å². The Bertz CT molecular complexity index is 592. The van der Waals surface area contributed by atoms with Gasteiger partial charge in [-0.25, -0.2) is 0 Å². The van der Waals surface area contributed by atoms with Crippen LogP contribution in [0.4, 0.5) is 0 Å². The summed E-state index contributed by atoms with van der Waals surface area (Å²) in [5.74, 6) is -0.544.